The summed E-state index contributed by atoms with van der Waals surface area (Å²) in [4.78, 5) is 31.2. The molecule has 1 aromatic heterocycles. The van der Waals surface area contributed by atoms with Crippen LogP contribution >= 0.6 is 23.2 Å². The van der Waals surface area contributed by atoms with Crippen molar-refractivity contribution in [3.05, 3.63) is 38.9 Å². The van der Waals surface area contributed by atoms with Gasteiger partial charge in [0.15, 0.2) is 0 Å². The molecule has 0 saturated heterocycles. The lowest BCUT2D eigenvalue weighted by Crippen LogP contribution is -2.42. The standard InChI is InChI=1S/C18H21Cl2N3O2/c1-11-3-5-13(6-4-11)22(2)16(24)9-23-10-21-17-14(18(23)25)7-12(19)8-15(17)20/h7-8,10-11,13H,3-6,9H2,1-2H3. The molecule has 7 heteroatoms. The summed E-state index contributed by atoms with van der Waals surface area (Å²) >= 11 is 12.1. The molecule has 1 aliphatic carbocycles. The predicted molar refractivity (Wildman–Crippen MR) is 100 cm³/mol. The van der Waals surface area contributed by atoms with Crippen LogP contribution in [0.5, 0.6) is 0 Å². The van der Waals surface area contributed by atoms with Crippen molar-refractivity contribution < 1.29 is 4.79 Å². The molecule has 0 N–H and O–H groups in total. The summed E-state index contributed by atoms with van der Waals surface area (Å²) in [7, 11) is 1.82. The smallest absolute Gasteiger partial charge is 0.261 e. The number of nitrogens with zero attached hydrogens (tertiary/aromatic N) is 3. The summed E-state index contributed by atoms with van der Waals surface area (Å²) in [6.45, 7) is 2.21. The first-order valence-corrected chi connectivity index (χ1v) is 9.22. The van der Waals surface area contributed by atoms with Crippen molar-refractivity contribution in [2.24, 2.45) is 5.92 Å². The Morgan fingerprint density at radius 1 is 1.28 bits per heavy atom. The number of rotatable bonds is 3. The van der Waals surface area contributed by atoms with E-state index in [-0.39, 0.29) is 24.1 Å². The zero-order valence-electron chi connectivity index (χ0n) is 14.3. The maximum Gasteiger partial charge on any atom is 0.261 e. The molecule has 1 amide bonds. The second kappa shape index (κ2) is 7.34. The van der Waals surface area contributed by atoms with Gasteiger partial charge in [-0.05, 0) is 43.7 Å². The maximum absolute atomic E-state index is 12.6. The fraction of sp³-hybridized carbons (Fsp3) is 0.500. The van der Waals surface area contributed by atoms with E-state index >= 15 is 0 Å². The molecule has 0 aliphatic heterocycles. The molecule has 0 atom stereocenters. The Kier molecular flexibility index (Phi) is 5.35. The first-order valence-electron chi connectivity index (χ1n) is 8.46. The lowest BCUT2D eigenvalue weighted by molar-refractivity contribution is -0.133. The Morgan fingerprint density at radius 3 is 2.64 bits per heavy atom. The second-order valence-corrected chi connectivity index (χ2v) is 7.72. The highest BCUT2D eigenvalue weighted by molar-refractivity contribution is 6.38. The van der Waals surface area contributed by atoms with Crippen molar-refractivity contribution in [2.45, 2.75) is 45.2 Å². The fourth-order valence-corrected chi connectivity index (χ4v) is 3.94. The molecule has 1 aromatic carbocycles. The van der Waals surface area contributed by atoms with Crippen molar-refractivity contribution in [1.29, 1.82) is 0 Å². The molecule has 3 rings (SSSR count). The van der Waals surface area contributed by atoms with Crippen LogP contribution in [0, 0.1) is 5.92 Å². The number of likely N-dealkylation sites (N-methyl/N-ethyl adjacent to an activating group) is 1. The molecule has 0 radical (unpaired) electrons. The first-order chi connectivity index (χ1) is 11.9. The third-order valence-corrected chi connectivity index (χ3v) is 5.58. The van der Waals surface area contributed by atoms with Crippen LogP contribution < -0.4 is 5.56 Å². The maximum atomic E-state index is 12.6. The second-order valence-electron chi connectivity index (χ2n) is 6.88. The summed E-state index contributed by atoms with van der Waals surface area (Å²) < 4.78 is 1.32. The van der Waals surface area contributed by atoms with E-state index in [1.54, 1.807) is 11.0 Å². The molecule has 0 bridgehead atoms. The van der Waals surface area contributed by atoms with Gasteiger partial charge in [0.2, 0.25) is 5.91 Å². The van der Waals surface area contributed by atoms with Gasteiger partial charge in [-0.2, -0.15) is 0 Å². The van der Waals surface area contributed by atoms with Gasteiger partial charge >= 0.3 is 0 Å². The van der Waals surface area contributed by atoms with Crippen LogP contribution in [0.15, 0.2) is 23.3 Å². The number of carbonyl (C=O) groups excluding carboxylic acids is 1. The third-order valence-electron chi connectivity index (χ3n) is 5.08. The van der Waals surface area contributed by atoms with Crippen LogP contribution in [-0.4, -0.2) is 33.4 Å². The average molecular weight is 382 g/mol. The number of benzene rings is 1. The zero-order chi connectivity index (χ0) is 18.1. The van der Waals surface area contributed by atoms with Crippen molar-refractivity contribution in [3.8, 4) is 0 Å². The molecule has 0 spiro atoms. The van der Waals surface area contributed by atoms with Gasteiger partial charge in [-0.1, -0.05) is 30.1 Å². The van der Waals surface area contributed by atoms with Crippen LogP contribution in [0.3, 0.4) is 0 Å². The Bertz CT molecular complexity index is 857. The van der Waals surface area contributed by atoms with Crippen LogP contribution in [0.4, 0.5) is 0 Å². The minimum absolute atomic E-state index is 0.0333. The zero-order valence-corrected chi connectivity index (χ0v) is 15.8. The van der Waals surface area contributed by atoms with Gasteiger partial charge in [-0.3, -0.25) is 14.2 Å². The topological polar surface area (TPSA) is 55.2 Å². The van der Waals surface area contributed by atoms with E-state index in [2.05, 4.69) is 11.9 Å². The van der Waals surface area contributed by atoms with E-state index < -0.39 is 0 Å². The number of hydrogen-bond acceptors (Lipinski definition) is 3. The Hall–Kier alpha value is -1.59. The Labute approximate surface area is 156 Å². The average Bonchev–Trinajstić information content (AvgIpc) is 2.57. The number of halogens is 2. The van der Waals surface area contributed by atoms with E-state index in [4.69, 9.17) is 23.2 Å². The molecule has 25 heavy (non-hydrogen) atoms. The van der Waals surface area contributed by atoms with Crippen molar-refractivity contribution in [2.75, 3.05) is 7.05 Å². The number of fused-ring (bicyclic) bond motifs is 1. The van der Waals surface area contributed by atoms with Gasteiger partial charge < -0.3 is 4.90 Å². The highest BCUT2D eigenvalue weighted by Gasteiger charge is 2.25. The van der Waals surface area contributed by atoms with E-state index in [1.807, 2.05) is 7.05 Å². The van der Waals surface area contributed by atoms with Crippen molar-refractivity contribution in [1.82, 2.24) is 14.5 Å². The highest BCUT2D eigenvalue weighted by atomic mass is 35.5. The van der Waals surface area contributed by atoms with Gasteiger partial charge in [0.05, 0.1) is 22.3 Å². The van der Waals surface area contributed by atoms with Gasteiger partial charge in [0.1, 0.15) is 6.54 Å². The van der Waals surface area contributed by atoms with Crippen molar-refractivity contribution >= 4 is 40.0 Å². The van der Waals surface area contributed by atoms with Crippen LogP contribution in [0.1, 0.15) is 32.6 Å². The van der Waals surface area contributed by atoms with Crippen molar-refractivity contribution in [3.63, 3.8) is 0 Å². The number of amides is 1. The molecule has 1 aliphatic rings. The van der Waals surface area contributed by atoms with E-state index in [9.17, 15) is 9.59 Å². The molecule has 5 nitrogen and oxygen atoms in total. The molecular weight excluding hydrogens is 361 g/mol. The van der Waals surface area contributed by atoms with Crippen LogP contribution in [0.2, 0.25) is 10.0 Å². The summed E-state index contributed by atoms with van der Waals surface area (Å²) in [5, 5.41) is 1.02. The highest BCUT2D eigenvalue weighted by Crippen LogP contribution is 2.27. The Morgan fingerprint density at radius 2 is 1.96 bits per heavy atom. The first kappa shape index (κ1) is 18.2. The number of hydrogen-bond donors (Lipinski definition) is 0. The lowest BCUT2D eigenvalue weighted by Gasteiger charge is -2.33. The molecule has 1 saturated carbocycles. The summed E-state index contributed by atoms with van der Waals surface area (Å²) in [5.74, 6) is 0.637. The lowest BCUT2D eigenvalue weighted by atomic mass is 9.87. The van der Waals surface area contributed by atoms with Gasteiger partial charge in [0, 0.05) is 18.1 Å². The Balaban J connectivity index is 1.82. The quantitative estimate of drug-likeness (QED) is 0.813. The molecule has 1 fully saturated rings. The number of aromatic nitrogens is 2. The monoisotopic (exact) mass is 381 g/mol. The van der Waals surface area contributed by atoms with Crippen LogP contribution in [-0.2, 0) is 11.3 Å². The van der Waals surface area contributed by atoms with E-state index in [1.165, 1.54) is 17.0 Å². The van der Waals surface area contributed by atoms with Crippen LogP contribution in [0.25, 0.3) is 10.9 Å². The minimum Gasteiger partial charge on any atom is -0.341 e. The molecule has 134 valence electrons. The third kappa shape index (κ3) is 3.82. The fourth-order valence-electron chi connectivity index (χ4n) is 3.40. The van der Waals surface area contributed by atoms with Gasteiger partial charge in [-0.15, -0.1) is 0 Å². The SMILES string of the molecule is CC1CCC(N(C)C(=O)Cn2cnc3c(Cl)cc(Cl)cc3c2=O)CC1. The van der Waals surface area contributed by atoms with Gasteiger partial charge in [0.25, 0.3) is 5.56 Å². The minimum atomic E-state index is -0.312. The summed E-state index contributed by atoms with van der Waals surface area (Å²) in [5.41, 5.74) is 0.0859. The molecule has 2 aromatic rings. The summed E-state index contributed by atoms with van der Waals surface area (Å²) in [6, 6.07) is 3.33. The van der Waals surface area contributed by atoms with E-state index in [0.29, 0.717) is 20.9 Å². The predicted octanol–water partition coefficient (Wildman–Crippen LogP) is 3.74. The normalized spacial score (nSPS) is 20.6. The molecule has 0 unspecified atom stereocenters. The molecule has 1 heterocycles. The molecular formula is C18H21Cl2N3O2. The van der Waals surface area contributed by atoms with E-state index in [0.717, 1.165) is 31.6 Å². The van der Waals surface area contributed by atoms with Gasteiger partial charge in [-0.25, -0.2) is 4.98 Å². The summed E-state index contributed by atoms with van der Waals surface area (Å²) in [6.07, 6.45) is 5.67. The largest absolute Gasteiger partial charge is 0.341 e. The number of carbonyl (C=O) groups is 1.